The average molecular weight is 172 g/mol. The topological polar surface area (TPSA) is 55.1 Å². The lowest BCUT2D eigenvalue weighted by molar-refractivity contribution is -0.124. The standard InChI is InChI=1S/C9H20N2O/c1-3-8(2)9(12)11-7-5-4-6-10/h8H,3-7,10H2,1-2H3,(H,11,12). The number of nitrogens with two attached hydrogens (primary N) is 1. The Hall–Kier alpha value is -0.570. The molecule has 0 aromatic rings. The number of carbonyl (C=O) groups is 1. The summed E-state index contributed by atoms with van der Waals surface area (Å²) in [6.07, 6.45) is 2.88. The molecule has 0 fully saturated rings. The summed E-state index contributed by atoms with van der Waals surface area (Å²) in [5.41, 5.74) is 5.32. The normalized spacial score (nSPS) is 12.6. The molecule has 0 aliphatic carbocycles. The number of unbranched alkanes of at least 4 members (excludes halogenated alkanes) is 1. The van der Waals surface area contributed by atoms with Gasteiger partial charge in [0, 0.05) is 12.5 Å². The molecule has 0 aliphatic heterocycles. The zero-order chi connectivity index (χ0) is 9.40. The first-order chi connectivity index (χ1) is 5.72. The van der Waals surface area contributed by atoms with Crippen molar-refractivity contribution in [1.82, 2.24) is 5.32 Å². The Morgan fingerprint density at radius 3 is 2.67 bits per heavy atom. The number of hydrogen-bond acceptors (Lipinski definition) is 2. The largest absolute Gasteiger partial charge is 0.356 e. The van der Waals surface area contributed by atoms with Crippen molar-refractivity contribution >= 4 is 5.91 Å². The molecule has 0 aromatic heterocycles. The molecule has 72 valence electrons. The van der Waals surface area contributed by atoms with Gasteiger partial charge in [0.1, 0.15) is 0 Å². The second-order valence-corrected chi connectivity index (χ2v) is 3.10. The minimum Gasteiger partial charge on any atom is -0.356 e. The van der Waals surface area contributed by atoms with Gasteiger partial charge in [-0.25, -0.2) is 0 Å². The van der Waals surface area contributed by atoms with Gasteiger partial charge in [-0.3, -0.25) is 4.79 Å². The van der Waals surface area contributed by atoms with E-state index in [0.29, 0.717) is 6.54 Å². The number of rotatable bonds is 6. The number of carbonyl (C=O) groups excluding carboxylic acids is 1. The minimum absolute atomic E-state index is 0.142. The number of amides is 1. The van der Waals surface area contributed by atoms with Gasteiger partial charge >= 0.3 is 0 Å². The van der Waals surface area contributed by atoms with Crippen LogP contribution in [0.3, 0.4) is 0 Å². The summed E-state index contributed by atoms with van der Waals surface area (Å²) in [6.45, 7) is 5.43. The summed E-state index contributed by atoms with van der Waals surface area (Å²) in [7, 11) is 0. The molecule has 0 spiro atoms. The van der Waals surface area contributed by atoms with Crippen LogP contribution in [0.4, 0.5) is 0 Å². The second-order valence-electron chi connectivity index (χ2n) is 3.10. The average Bonchev–Trinajstić information content (AvgIpc) is 2.10. The Bertz CT molecular complexity index is 126. The smallest absolute Gasteiger partial charge is 0.222 e. The summed E-state index contributed by atoms with van der Waals surface area (Å²) >= 11 is 0. The first-order valence-corrected chi connectivity index (χ1v) is 4.70. The molecule has 3 heteroatoms. The third-order valence-corrected chi connectivity index (χ3v) is 1.99. The SMILES string of the molecule is CCC(C)C(=O)NCCCCN. The van der Waals surface area contributed by atoms with Gasteiger partial charge in [-0.05, 0) is 25.8 Å². The van der Waals surface area contributed by atoms with Crippen LogP contribution < -0.4 is 11.1 Å². The maximum atomic E-state index is 11.2. The van der Waals surface area contributed by atoms with Crippen LogP contribution >= 0.6 is 0 Å². The van der Waals surface area contributed by atoms with Gasteiger partial charge < -0.3 is 11.1 Å². The van der Waals surface area contributed by atoms with Crippen molar-refractivity contribution in [1.29, 1.82) is 0 Å². The molecule has 0 saturated carbocycles. The highest BCUT2D eigenvalue weighted by Crippen LogP contribution is 1.99. The molecule has 0 rings (SSSR count). The van der Waals surface area contributed by atoms with Gasteiger partial charge in [-0.2, -0.15) is 0 Å². The van der Waals surface area contributed by atoms with E-state index in [1.807, 2.05) is 13.8 Å². The maximum absolute atomic E-state index is 11.2. The molecule has 0 heterocycles. The number of hydrogen-bond donors (Lipinski definition) is 2. The van der Waals surface area contributed by atoms with Crippen molar-refractivity contribution in [2.75, 3.05) is 13.1 Å². The molecule has 1 amide bonds. The summed E-state index contributed by atoms with van der Waals surface area (Å²) < 4.78 is 0. The predicted molar refractivity (Wildman–Crippen MR) is 50.8 cm³/mol. The van der Waals surface area contributed by atoms with E-state index in [0.717, 1.165) is 25.8 Å². The van der Waals surface area contributed by atoms with Crippen molar-refractivity contribution in [3.8, 4) is 0 Å². The molecule has 0 aliphatic rings. The van der Waals surface area contributed by atoms with Crippen molar-refractivity contribution in [3.63, 3.8) is 0 Å². The lowest BCUT2D eigenvalue weighted by Gasteiger charge is -2.08. The van der Waals surface area contributed by atoms with Gasteiger partial charge in [0.25, 0.3) is 0 Å². The highest BCUT2D eigenvalue weighted by Gasteiger charge is 2.08. The van der Waals surface area contributed by atoms with E-state index in [9.17, 15) is 4.79 Å². The molecular formula is C9H20N2O. The van der Waals surface area contributed by atoms with Crippen LogP contribution in [0.25, 0.3) is 0 Å². The van der Waals surface area contributed by atoms with E-state index in [2.05, 4.69) is 5.32 Å². The van der Waals surface area contributed by atoms with Crippen LogP contribution in [0.1, 0.15) is 33.1 Å². The Balaban J connectivity index is 3.31. The molecule has 0 radical (unpaired) electrons. The molecule has 3 N–H and O–H groups in total. The van der Waals surface area contributed by atoms with Gasteiger partial charge in [-0.15, -0.1) is 0 Å². The van der Waals surface area contributed by atoms with E-state index in [1.54, 1.807) is 0 Å². The lowest BCUT2D eigenvalue weighted by Crippen LogP contribution is -2.29. The van der Waals surface area contributed by atoms with Gasteiger partial charge in [0.15, 0.2) is 0 Å². The molecule has 0 saturated heterocycles. The Labute approximate surface area is 74.7 Å². The zero-order valence-electron chi connectivity index (χ0n) is 8.10. The quantitative estimate of drug-likeness (QED) is 0.584. The van der Waals surface area contributed by atoms with Gasteiger partial charge in [-0.1, -0.05) is 13.8 Å². The van der Waals surface area contributed by atoms with Crippen LogP contribution in [0.15, 0.2) is 0 Å². The van der Waals surface area contributed by atoms with Crippen molar-refractivity contribution in [3.05, 3.63) is 0 Å². The van der Waals surface area contributed by atoms with Gasteiger partial charge in [0.2, 0.25) is 5.91 Å². The number of nitrogens with one attached hydrogen (secondary N) is 1. The Morgan fingerprint density at radius 1 is 1.50 bits per heavy atom. The third kappa shape index (κ3) is 5.13. The molecule has 1 atom stereocenters. The van der Waals surface area contributed by atoms with E-state index >= 15 is 0 Å². The first-order valence-electron chi connectivity index (χ1n) is 4.70. The molecule has 0 aromatic carbocycles. The minimum atomic E-state index is 0.142. The molecule has 12 heavy (non-hydrogen) atoms. The van der Waals surface area contributed by atoms with Crippen LogP contribution in [-0.4, -0.2) is 19.0 Å². The van der Waals surface area contributed by atoms with Crippen LogP contribution in [-0.2, 0) is 4.79 Å². The Kier molecular flexibility index (Phi) is 6.76. The first kappa shape index (κ1) is 11.4. The summed E-state index contributed by atoms with van der Waals surface area (Å²) in [5, 5.41) is 2.87. The predicted octanol–water partition coefficient (Wildman–Crippen LogP) is 0.888. The van der Waals surface area contributed by atoms with E-state index < -0.39 is 0 Å². The summed E-state index contributed by atoms with van der Waals surface area (Å²) in [5.74, 6) is 0.303. The summed E-state index contributed by atoms with van der Waals surface area (Å²) in [4.78, 5) is 11.2. The maximum Gasteiger partial charge on any atom is 0.222 e. The molecule has 0 bridgehead atoms. The van der Waals surface area contributed by atoms with E-state index in [1.165, 1.54) is 0 Å². The second kappa shape index (κ2) is 7.10. The fraction of sp³-hybridized carbons (Fsp3) is 0.889. The Morgan fingerprint density at radius 2 is 2.17 bits per heavy atom. The van der Waals surface area contributed by atoms with Crippen molar-refractivity contribution in [2.24, 2.45) is 11.7 Å². The highest BCUT2D eigenvalue weighted by atomic mass is 16.1. The molecule has 1 unspecified atom stereocenters. The fourth-order valence-corrected chi connectivity index (χ4v) is 0.841. The van der Waals surface area contributed by atoms with E-state index in [-0.39, 0.29) is 11.8 Å². The van der Waals surface area contributed by atoms with Crippen LogP contribution in [0.2, 0.25) is 0 Å². The van der Waals surface area contributed by atoms with Gasteiger partial charge in [0.05, 0.1) is 0 Å². The zero-order valence-corrected chi connectivity index (χ0v) is 8.10. The molecular weight excluding hydrogens is 152 g/mol. The molecule has 3 nitrogen and oxygen atoms in total. The van der Waals surface area contributed by atoms with Crippen molar-refractivity contribution < 1.29 is 4.79 Å². The third-order valence-electron chi connectivity index (χ3n) is 1.99. The van der Waals surface area contributed by atoms with E-state index in [4.69, 9.17) is 5.73 Å². The fourth-order valence-electron chi connectivity index (χ4n) is 0.841. The summed E-state index contributed by atoms with van der Waals surface area (Å²) in [6, 6.07) is 0. The van der Waals surface area contributed by atoms with Crippen LogP contribution in [0.5, 0.6) is 0 Å². The monoisotopic (exact) mass is 172 g/mol. The van der Waals surface area contributed by atoms with Crippen molar-refractivity contribution in [2.45, 2.75) is 33.1 Å². The lowest BCUT2D eigenvalue weighted by atomic mass is 10.1. The van der Waals surface area contributed by atoms with Crippen LogP contribution in [0, 0.1) is 5.92 Å². The highest BCUT2D eigenvalue weighted by molar-refractivity contribution is 5.78.